The third-order valence-electron chi connectivity index (χ3n) is 2.97. The van der Waals surface area contributed by atoms with Gasteiger partial charge in [0.25, 0.3) is 0 Å². The predicted octanol–water partition coefficient (Wildman–Crippen LogP) is 3.99. The van der Waals surface area contributed by atoms with Crippen molar-refractivity contribution in [2.24, 2.45) is 0 Å². The van der Waals surface area contributed by atoms with E-state index < -0.39 is 6.10 Å². The topological polar surface area (TPSA) is 29.5 Å². The van der Waals surface area contributed by atoms with Crippen molar-refractivity contribution in [2.75, 3.05) is 7.11 Å². The maximum Gasteiger partial charge on any atom is 0.125 e. The van der Waals surface area contributed by atoms with E-state index in [-0.39, 0.29) is 5.82 Å². The van der Waals surface area contributed by atoms with E-state index in [0.717, 1.165) is 10.0 Å². The molecular formula is C15H14BrFO2. The second kappa shape index (κ2) is 5.72. The highest BCUT2D eigenvalue weighted by Gasteiger charge is 2.17. The van der Waals surface area contributed by atoms with Gasteiger partial charge < -0.3 is 9.84 Å². The van der Waals surface area contributed by atoms with Gasteiger partial charge in [0, 0.05) is 10.0 Å². The van der Waals surface area contributed by atoms with Crippen LogP contribution in [0.15, 0.2) is 40.9 Å². The lowest BCUT2D eigenvalue weighted by atomic mass is 9.99. The van der Waals surface area contributed by atoms with Gasteiger partial charge >= 0.3 is 0 Å². The molecule has 0 saturated carbocycles. The van der Waals surface area contributed by atoms with Crippen LogP contribution in [0.2, 0.25) is 0 Å². The van der Waals surface area contributed by atoms with Crippen molar-refractivity contribution < 1.29 is 14.2 Å². The van der Waals surface area contributed by atoms with Crippen LogP contribution in [0.4, 0.5) is 4.39 Å². The number of ether oxygens (including phenoxy) is 1. The van der Waals surface area contributed by atoms with E-state index in [4.69, 9.17) is 4.74 Å². The summed E-state index contributed by atoms with van der Waals surface area (Å²) in [5.41, 5.74) is 2.10. The first-order valence-electron chi connectivity index (χ1n) is 5.80. The number of methoxy groups -OCH3 is 1. The molecule has 1 unspecified atom stereocenters. The van der Waals surface area contributed by atoms with E-state index in [9.17, 15) is 9.50 Å². The van der Waals surface area contributed by atoms with Crippen LogP contribution in [0.5, 0.6) is 5.75 Å². The molecule has 19 heavy (non-hydrogen) atoms. The van der Waals surface area contributed by atoms with Gasteiger partial charge in [-0.05, 0) is 42.3 Å². The van der Waals surface area contributed by atoms with Crippen LogP contribution in [0.1, 0.15) is 22.8 Å². The molecule has 0 spiro atoms. The third-order valence-corrected chi connectivity index (χ3v) is 3.82. The van der Waals surface area contributed by atoms with Crippen molar-refractivity contribution in [3.8, 4) is 5.75 Å². The Morgan fingerprint density at radius 2 is 2.00 bits per heavy atom. The van der Waals surface area contributed by atoms with Gasteiger partial charge in [0.1, 0.15) is 17.7 Å². The lowest BCUT2D eigenvalue weighted by Gasteiger charge is -2.17. The largest absolute Gasteiger partial charge is 0.496 e. The number of aliphatic hydroxyl groups excluding tert-OH is 1. The minimum atomic E-state index is -0.928. The van der Waals surface area contributed by atoms with E-state index in [1.54, 1.807) is 25.3 Å². The fraction of sp³-hybridized carbons (Fsp3) is 0.200. The SMILES string of the molecule is COc1cc(C)c(Br)cc1C(O)c1cccc(F)c1. The first-order valence-corrected chi connectivity index (χ1v) is 6.59. The van der Waals surface area contributed by atoms with E-state index in [1.807, 2.05) is 13.0 Å². The molecule has 0 fully saturated rings. The molecule has 0 aliphatic rings. The van der Waals surface area contributed by atoms with Crippen LogP contribution in [0.3, 0.4) is 0 Å². The number of aryl methyl sites for hydroxylation is 1. The molecule has 0 radical (unpaired) electrons. The van der Waals surface area contributed by atoms with E-state index in [0.29, 0.717) is 16.9 Å². The van der Waals surface area contributed by atoms with E-state index in [1.165, 1.54) is 12.1 Å². The van der Waals surface area contributed by atoms with Gasteiger partial charge in [-0.1, -0.05) is 28.1 Å². The molecule has 100 valence electrons. The Morgan fingerprint density at radius 1 is 1.26 bits per heavy atom. The fourth-order valence-electron chi connectivity index (χ4n) is 1.92. The molecule has 4 heteroatoms. The summed E-state index contributed by atoms with van der Waals surface area (Å²) in [6.45, 7) is 1.94. The van der Waals surface area contributed by atoms with Gasteiger partial charge in [-0.25, -0.2) is 4.39 Å². The minimum Gasteiger partial charge on any atom is -0.496 e. The van der Waals surface area contributed by atoms with Crippen molar-refractivity contribution in [1.82, 2.24) is 0 Å². The Balaban J connectivity index is 2.49. The molecule has 0 amide bonds. The average molecular weight is 325 g/mol. The molecule has 0 heterocycles. The van der Waals surface area contributed by atoms with Crippen molar-refractivity contribution in [3.05, 3.63) is 63.4 Å². The molecule has 2 aromatic carbocycles. The van der Waals surface area contributed by atoms with Crippen LogP contribution in [-0.2, 0) is 0 Å². The third kappa shape index (κ3) is 2.96. The Morgan fingerprint density at radius 3 is 2.63 bits per heavy atom. The van der Waals surface area contributed by atoms with Gasteiger partial charge in [-0.3, -0.25) is 0 Å². The van der Waals surface area contributed by atoms with Crippen molar-refractivity contribution in [1.29, 1.82) is 0 Å². The summed E-state index contributed by atoms with van der Waals surface area (Å²) >= 11 is 3.42. The van der Waals surface area contributed by atoms with Gasteiger partial charge in [-0.15, -0.1) is 0 Å². The Kier molecular flexibility index (Phi) is 4.22. The highest BCUT2D eigenvalue weighted by atomic mass is 79.9. The molecule has 1 atom stereocenters. The maximum atomic E-state index is 13.2. The van der Waals surface area contributed by atoms with Gasteiger partial charge in [0.15, 0.2) is 0 Å². The number of benzene rings is 2. The van der Waals surface area contributed by atoms with Crippen LogP contribution in [0.25, 0.3) is 0 Å². The molecule has 1 N–H and O–H groups in total. The molecule has 0 bridgehead atoms. The van der Waals surface area contributed by atoms with Crippen LogP contribution in [-0.4, -0.2) is 12.2 Å². The zero-order valence-corrected chi connectivity index (χ0v) is 12.2. The normalized spacial score (nSPS) is 12.3. The van der Waals surface area contributed by atoms with Crippen LogP contribution in [0, 0.1) is 12.7 Å². The van der Waals surface area contributed by atoms with Gasteiger partial charge in [-0.2, -0.15) is 0 Å². The lowest BCUT2D eigenvalue weighted by Crippen LogP contribution is -2.03. The summed E-state index contributed by atoms with van der Waals surface area (Å²) in [7, 11) is 1.55. The first kappa shape index (κ1) is 14.0. The van der Waals surface area contributed by atoms with Crippen LogP contribution < -0.4 is 4.74 Å². The molecular weight excluding hydrogens is 311 g/mol. The summed E-state index contributed by atoms with van der Waals surface area (Å²) in [6, 6.07) is 9.55. The summed E-state index contributed by atoms with van der Waals surface area (Å²) in [5, 5.41) is 10.4. The van der Waals surface area contributed by atoms with Gasteiger partial charge in [0.2, 0.25) is 0 Å². The minimum absolute atomic E-state index is 0.373. The lowest BCUT2D eigenvalue weighted by molar-refractivity contribution is 0.214. The quantitative estimate of drug-likeness (QED) is 0.925. The van der Waals surface area contributed by atoms with Crippen LogP contribution >= 0.6 is 15.9 Å². The molecule has 0 aliphatic carbocycles. The second-order valence-electron chi connectivity index (χ2n) is 4.30. The number of halogens is 2. The van der Waals surface area contributed by atoms with Gasteiger partial charge in [0.05, 0.1) is 7.11 Å². The zero-order valence-electron chi connectivity index (χ0n) is 10.7. The predicted molar refractivity (Wildman–Crippen MR) is 75.9 cm³/mol. The number of hydrogen-bond donors (Lipinski definition) is 1. The molecule has 2 rings (SSSR count). The summed E-state index contributed by atoms with van der Waals surface area (Å²) < 4.78 is 19.4. The molecule has 2 nitrogen and oxygen atoms in total. The maximum absolute atomic E-state index is 13.2. The highest BCUT2D eigenvalue weighted by molar-refractivity contribution is 9.10. The monoisotopic (exact) mass is 324 g/mol. The van der Waals surface area contributed by atoms with E-state index in [2.05, 4.69) is 15.9 Å². The number of aliphatic hydroxyl groups is 1. The summed E-state index contributed by atoms with van der Waals surface area (Å²) in [6.07, 6.45) is -0.928. The smallest absolute Gasteiger partial charge is 0.125 e. The second-order valence-corrected chi connectivity index (χ2v) is 5.16. The number of hydrogen-bond acceptors (Lipinski definition) is 2. The highest BCUT2D eigenvalue weighted by Crippen LogP contribution is 2.34. The molecule has 0 aromatic heterocycles. The fourth-order valence-corrected chi connectivity index (χ4v) is 2.28. The van der Waals surface area contributed by atoms with Crippen molar-refractivity contribution in [3.63, 3.8) is 0 Å². The summed E-state index contributed by atoms with van der Waals surface area (Å²) in [5.74, 6) is 0.208. The Hall–Kier alpha value is -1.39. The average Bonchev–Trinajstić information content (AvgIpc) is 2.40. The summed E-state index contributed by atoms with van der Waals surface area (Å²) in [4.78, 5) is 0. The van der Waals surface area contributed by atoms with Crippen molar-refractivity contribution >= 4 is 15.9 Å². The van der Waals surface area contributed by atoms with E-state index >= 15 is 0 Å². The zero-order chi connectivity index (χ0) is 14.0. The molecule has 0 aliphatic heterocycles. The Labute approximate surface area is 120 Å². The number of rotatable bonds is 3. The first-order chi connectivity index (χ1) is 9.02. The standard InChI is InChI=1S/C15H14BrFO2/c1-9-6-14(19-2)12(8-13(9)16)15(18)10-4-3-5-11(17)7-10/h3-8,15,18H,1-2H3. The Bertz CT molecular complexity index is 599. The van der Waals surface area contributed by atoms with Crippen molar-refractivity contribution in [2.45, 2.75) is 13.0 Å². The molecule has 2 aromatic rings. The molecule has 0 saturated heterocycles.